The molecule has 0 saturated heterocycles. The van der Waals surface area contributed by atoms with E-state index in [1.165, 1.54) is 0 Å². The number of carboxylic acid groups (broad SMARTS) is 1. The van der Waals surface area contributed by atoms with Crippen molar-refractivity contribution in [2.45, 2.75) is 25.7 Å². The van der Waals surface area contributed by atoms with Crippen molar-refractivity contribution in [2.75, 3.05) is 13.1 Å². The molecule has 1 aromatic rings. The zero-order valence-electron chi connectivity index (χ0n) is 11.6. The molecule has 0 aliphatic carbocycles. The maximum Gasteiger partial charge on any atom is 0.337 e. The number of sulfonamides is 1. The first-order valence-electron chi connectivity index (χ1n) is 6.23. The number of benzene rings is 1. The lowest BCUT2D eigenvalue weighted by Crippen LogP contribution is -2.35. The van der Waals surface area contributed by atoms with Crippen molar-refractivity contribution in [3.8, 4) is 0 Å². The Morgan fingerprint density at radius 1 is 1.40 bits per heavy atom. The molecule has 0 atom stereocenters. The highest BCUT2D eigenvalue weighted by Gasteiger charge is 2.29. The van der Waals surface area contributed by atoms with E-state index in [-0.39, 0.29) is 19.0 Å². The second-order valence-electron chi connectivity index (χ2n) is 4.80. The number of halogens is 1. The van der Waals surface area contributed by atoms with Crippen LogP contribution in [0.15, 0.2) is 23.1 Å². The average Bonchev–Trinajstić information content (AvgIpc) is 2.34. The Hall–Kier alpha value is -1.47. The minimum atomic E-state index is -4.03. The van der Waals surface area contributed by atoms with Crippen molar-refractivity contribution in [3.63, 3.8) is 0 Å². The van der Waals surface area contributed by atoms with E-state index in [1.54, 1.807) is 6.92 Å². The maximum absolute atomic E-state index is 13.3. The van der Waals surface area contributed by atoms with Gasteiger partial charge >= 0.3 is 5.97 Å². The van der Waals surface area contributed by atoms with Gasteiger partial charge in [-0.05, 0) is 24.1 Å². The second kappa shape index (κ2) is 6.32. The van der Waals surface area contributed by atoms with Gasteiger partial charge in [-0.15, -0.1) is 0 Å². The normalized spacial score (nSPS) is 12.1. The minimum Gasteiger partial charge on any atom is -0.478 e. The zero-order chi connectivity index (χ0) is 15.5. The first-order valence-corrected chi connectivity index (χ1v) is 7.67. The smallest absolute Gasteiger partial charge is 0.337 e. The van der Waals surface area contributed by atoms with Gasteiger partial charge in [-0.2, -0.15) is 4.31 Å². The highest BCUT2D eigenvalue weighted by atomic mass is 32.2. The predicted molar refractivity (Wildman–Crippen MR) is 72.6 cm³/mol. The van der Waals surface area contributed by atoms with Crippen LogP contribution in [0.4, 0.5) is 4.39 Å². The fraction of sp³-hybridized carbons (Fsp3) is 0.462. The maximum atomic E-state index is 13.3. The van der Waals surface area contributed by atoms with Gasteiger partial charge < -0.3 is 5.11 Å². The van der Waals surface area contributed by atoms with Gasteiger partial charge in [0, 0.05) is 13.1 Å². The van der Waals surface area contributed by atoms with E-state index in [4.69, 9.17) is 5.11 Å². The van der Waals surface area contributed by atoms with Crippen molar-refractivity contribution in [2.24, 2.45) is 5.92 Å². The summed E-state index contributed by atoms with van der Waals surface area (Å²) in [5.74, 6) is -2.11. The number of hydrogen-bond acceptors (Lipinski definition) is 3. The molecule has 20 heavy (non-hydrogen) atoms. The molecule has 112 valence electrons. The van der Waals surface area contributed by atoms with Gasteiger partial charge in [0.05, 0.1) is 10.5 Å². The van der Waals surface area contributed by atoms with Crippen molar-refractivity contribution in [1.82, 2.24) is 4.31 Å². The largest absolute Gasteiger partial charge is 0.478 e. The third-order valence-electron chi connectivity index (χ3n) is 2.71. The molecule has 0 heterocycles. The Morgan fingerprint density at radius 2 is 2.00 bits per heavy atom. The molecule has 0 radical (unpaired) electrons. The van der Waals surface area contributed by atoms with Gasteiger partial charge in [0.15, 0.2) is 0 Å². The van der Waals surface area contributed by atoms with Gasteiger partial charge in [-0.25, -0.2) is 17.6 Å². The standard InChI is InChI=1S/C13H18FNO4S/c1-4-15(8-9(2)3)20(18,19)12-7-10(14)5-6-11(12)13(16)17/h5-7,9H,4,8H2,1-3H3,(H,16,17). The van der Waals surface area contributed by atoms with E-state index in [0.29, 0.717) is 0 Å². The van der Waals surface area contributed by atoms with Crippen LogP contribution in [0, 0.1) is 11.7 Å². The molecule has 0 bridgehead atoms. The van der Waals surface area contributed by atoms with Gasteiger partial charge in [-0.1, -0.05) is 20.8 Å². The zero-order valence-corrected chi connectivity index (χ0v) is 12.4. The summed E-state index contributed by atoms with van der Waals surface area (Å²) in [6, 6.07) is 2.65. The van der Waals surface area contributed by atoms with Gasteiger partial charge in [-0.3, -0.25) is 0 Å². The fourth-order valence-electron chi connectivity index (χ4n) is 1.83. The molecule has 0 saturated carbocycles. The molecule has 0 fully saturated rings. The van der Waals surface area contributed by atoms with E-state index < -0.39 is 32.3 Å². The van der Waals surface area contributed by atoms with E-state index in [1.807, 2.05) is 13.8 Å². The van der Waals surface area contributed by atoms with Gasteiger partial charge in [0.2, 0.25) is 10.0 Å². The number of rotatable bonds is 6. The number of nitrogens with zero attached hydrogens (tertiary/aromatic N) is 1. The molecule has 0 spiro atoms. The van der Waals surface area contributed by atoms with Crippen LogP contribution in [0.5, 0.6) is 0 Å². The van der Waals surface area contributed by atoms with Crippen LogP contribution in [0.2, 0.25) is 0 Å². The van der Waals surface area contributed by atoms with Crippen molar-refractivity contribution in [3.05, 3.63) is 29.6 Å². The molecule has 0 unspecified atom stereocenters. The molecule has 0 aliphatic heterocycles. The molecule has 1 rings (SSSR count). The highest BCUT2D eigenvalue weighted by Crippen LogP contribution is 2.22. The number of hydrogen-bond donors (Lipinski definition) is 1. The molecule has 5 nitrogen and oxygen atoms in total. The highest BCUT2D eigenvalue weighted by molar-refractivity contribution is 7.89. The van der Waals surface area contributed by atoms with Crippen molar-refractivity contribution < 1.29 is 22.7 Å². The van der Waals surface area contributed by atoms with Crippen LogP contribution in [0.3, 0.4) is 0 Å². The second-order valence-corrected chi connectivity index (χ2v) is 6.70. The molecule has 0 amide bonds. The van der Waals surface area contributed by atoms with Gasteiger partial charge in [0.25, 0.3) is 0 Å². The molecule has 0 aromatic heterocycles. The summed E-state index contributed by atoms with van der Waals surface area (Å²) in [6.07, 6.45) is 0. The fourth-order valence-corrected chi connectivity index (χ4v) is 3.64. The quantitative estimate of drug-likeness (QED) is 0.874. The Labute approximate surface area is 118 Å². The van der Waals surface area contributed by atoms with E-state index in [2.05, 4.69) is 0 Å². The minimum absolute atomic E-state index is 0.0755. The Balaban J connectivity index is 3.40. The molecule has 1 aromatic carbocycles. The summed E-state index contributed by atoms with van der Waals surface area (Å²) in [5.41, 5.74) is -0.423. The first-order chi connectivity index (χ1) is 9.20. The van der Waals surface area contributed by atoms with E-state index in [0.717, 1.165) is 22.5 Å². The summed E-state index contributed by atoms with van der Waals surface area (Å²) in [4.78, 5) is 10.6. The summed E-state index contributed by atoms with van der Waals surface area (Å²) in [5, 5.41) is 9.05. The summed E-state index contributed by atoms with van der Waals surface area (Å²) in [6.45, 7) is 5.79. The average molecular weight is 303 g/mol. The van der Waals surface area contributed by atoms with E-state index in [9.17, 15) is 17.6 Å². The summed E-state index contributed by atoms with van der Waals surface area (Å²) in [7, 11) is -4.03. The predicted octanol–water partition coefficient (Wildman–Crippen LogP) is 2.19. The lowest BCUT2D eigenvalue weighted by atomic mass is 10.2. The van der Waals surface area contributed by atoms with Crippen LogP contribution < -0.4 is 0 Å². The van der Waals surface area contributed by atoms with Crippen LogP contribution in [-0.4, -0.2) is 36.9 Å². The molecular formula is C13H18FNO4S. The topological polar surface area (TPSA) is 74.7 Å². The first kappa shape index (κ1) is 16.6. The third-order valence-corrected chi connectivity index (χ3v) is 4.69. The Kier molecular flexibility index (Phi) is 5.24. The van der Waals surface area contributed by atoms with Crippen LogP contribution in [0.25, 0.3) is 0 Å². The van der Waals surface area contributed by atoms with E-state index >= 15 is 0 Å². The van der Waals surface area contributed by atoms with Crippen molar-refractivity contribution >= 4 is 16.0 Å². The summed E-state index contributed by atoms with van der Waals surface area (Å²) < 4.78 is 39.4. The summed E-state index contributed by atoms with van der Waals surface area (Å²) >= 11 is 0. The lowest BCUT2D eigenvalue weighted by Gasteiger charge is -2.23. The number of aromatic carboxylic acids is 1. The Morgan fingerprint density at radius 3 is 2.45 bits per heavy atom. The molecular weight excluding hydrogens is 285 g/mol. The number of carboxylic acids is 1. The molecule has 7 heteroatoms. The molecule has 0 aliphatic rings. The van der Waals surface area contributed by atoms with Crippen LogP contribution in [0.1, 0.15) is 31.1 Å². The SMILES string of the molecule is CCN(CC(C)C)S(=O)(=O)c1cc(F)ccc1C(=O)O. The lowest BCUT2D eigenvalue weighted by molar-refractivity contribution is 0.0692. The monoisotopic (exact) mass is 303 g/mol. The third kappa shape index (κ3) is 3.55. The van der Waals surface area contributed by atoms with Crippen LogP contribution >= 0.6 is 0 Å². The van der Waals surface area contributed by atoms with Gasteiger partial charge in [0.1, 0.15) is 5.82 Å². The van der Waals surface area contributed by atoms with Crippen molar-refractivity contribution in [1.29, 1.82) is 0 Å². The molecule has 1 N–H and O–H groups in total. The Bertz CT molecular complexity index is 598. The van der Waals surface area contributed by atoms with Crippen LogP contribution in [-0.2, 0) is 10.0 Å². The number of carbonyl (C=O) groups is 1.